The second-order valence-corrected chi connectivity index (χ2v) is 11.2. The van der Waals surface area contributed by atoms with Crippen molar-refractivity contribution in [1.82, 2.24) is 4.31 Å². The summed E-state index contributed by atoms with van der Waals surface area (Å²) in [6.07, 6.45) is 2.50. The number of para-hydroxylation sites is 1. The van der Waals surface area contributed by atoms with Gasteiger partial charge in [0.1, 0.15) is 10.6 Å². The van der Waals surface area contributed by atoms with Gasteiger partial charge in [0.2, 0.25) is 10.0 Å². The van der Waals surface area contributed by atoms with Gasteiger partial charge in [-0.15, -0.1) is 0 Å². The van der Waals surface area contributed by atoms with Crippen LogP contribution in [0.25, 0.3) is 0 Å². The SMILES string of the molecule is CCCCC1(C)CN(c2ccccc2)c2cc(OC)c(O)cc2S(=O)(=O)N1Cc1ccc(OC)cc1. The number of ether oxygens (including phenoxy) is 2. The first kappa shape index (κ1) is 25.9. The van der Waals surface area contributed by atoms with Crippen LogP contribution in [-0.4, -0.2) is 44.1 Å². The van der Waals surface area contributed by atoms with Crippen LogP contribution in [0.5, 0.6) is 17.2 Å². The van der Waals surface area contributed by atoms with Crippen molar-refractivity contribution < 1.29 is 23.0 Å². The van der Waals surface area contributed by atoms with Crippen LogP contribution in [0.15, 0.2) is 71.6 Å². The average molecular weight is 511 g/mol. The van der Waals surface area contributed by atoms with E-state index in [0.29, 0.717) is 24.4 Å². The average Bonchev–Trinajstić information content (AvgIpc) is 2.95. The molecule has 36 heavy (non-hydrogen) atoms. The smallest absolute Gasteiger partial charge is 0.246 e. The number of methoxy groups -OCH3 is 2. The van der Waals surface area contributed by atoms with Gasteiger partial charge in [0.25, 0.3) is 0 Å². The Morgan fingerprint density at radius 1 is 1.00 bits per heavy atom. The number of sulfonamides is 1. The summed E-state index contributed by atoms with van der Waals surface area (Å²) in [5.74, 6) is 0.724. The van der Waals surface area contributed by atoms with Crippen molar-refractivity contribution in [3.8, 4) is 17.2 Å². The molecule has 0 radical (unpaired) electrons. The van der Waals surface area contributed by atoms with Gasteiger partial charge in [-0.05, 0) is 43.2 Å². The molecular formula is C28H34N2O5S. The molecule has 1 aliphatic rings. The number of hydrogen-bond acceptors (Lipinski definition) is 6. The first-order chi connectivity index (χ1) is 17.2. The van der Waals surface area contributed by atoms with E-state index in [-0.39, 0.29) is 22.9 Å². The van der Waals surface area contributed by atoms with Crippen LogP contribution in [0.3, 0.4) is 0 Å². The highest BCUT2D eigenvalue weighted by molar-refractivity contribution is 7.89. The molecule has 3 aromatic rings. The monoisotopic (exact) mass is 510 g/mol. The van der Waals surface area contributed by atoms with E-state index in [0.717, 1.165) is 24.1 Å². The molecule has 0 bridgehead atoms. The Hall–Kier alpha value is -3.23. The third-order valence-electron chi connectivity index (χ3n) is 6.84. The summed E-state index contributed by atoms with van der Waals surface area (Å²) < 4.78 is 41.0. The van der Waals surface area contributed by atoms with Gasteiger partial charge in [0, 0.05) is 30.9 Å². The molecule has 8 heteroatoms. The third-order valence-corrected chi connectivity index (χ3v) is 8.88. The van der Waals surface area contributed by atoms with Crippen molar-refractivity contribution in [3.63, 3.8) is 0 Å². The van der Waals surface area contributed by atoms with Gasteiger partial charge in [-0.1, -0.05) is 50.1 Å². The van der Waals surface area contributed by atoms with Gasteiger partial charge < -0.3 is 19.5 Å². The van der Waals surface area contributed by atoms with E-state index in [1.807, 2.05) is 66.4 Å². The molecule has 7 nitrogen and oxygen atoms in total. The molecule has 4 rings (SSSR count). The molecule has 1 atom stereocenters. The first-order valence-corrected chi connectivity index (χ1v) is 13.6. The summed E-state index contributed by atoms with van der Waals surface area (Å²) in [5, 5.41) is 10.6. The third kappa shape index (κ3) is 4.88. The maximum atomic E-state index is 14.4. The Balaban J connectivity index is 1.94. The Kier molecular flexibility index (Phi) is 7.47. The number of rotatable bonds is 8. The van der Waals surface area contributed by atoms with Crippen LogP contribution >= 0.6 is 0 Å². The van der Waals surface area contributed by atoms with E-state index in [2.05, 4.69) is 6.92 Å². The number of phenols is 1. The molecule has 1 unspecified atom stereocenters. The van der Waals surface area contributed by atoms with Crippen molar-refractivity contribution in [2.24, 2.45) is 0 Å². The Morgan fingerprint density at radius 2 is 1.69 bits per heavy atom. The maximum absolute atomic E-state index is 14.4. The minimum absolute atomic E-state index is 0.0541. The summed E-state index contributed by atoms with van der Waals surface area (Å²) in [6.45, 7) is 4.76. The molecule has 0 spiro atoms. The fourth-order valence-corrected chi connectivity index (χ4v) is 6.79. The first-order valence-electron chi connectivity index (χ1n) is 12.1. The lowest BCUT2D eigenvalue weighted by atomic mass is 9.92. The van der Waals surface area contributed by atoms with Crippen molar-refractivity contribution in [2.75, 3.05) is 25.7 Å². The predicted molar refractivity (Wildman–Crippen MR) is 142 cm³/mol. The van der Waals surface area contributed by atoms with Crippen molar-refractivity contribution in [3.05, 3.63) is 72.3 Å². The van der Waals surface area contributed by atoms with Gasteiger partial charge in [-0.25, -0.2) is 8.42 Å². The molecule has 0 saturated heterocycles. The number of anilines is 2. The zero-order valence-corrected chi connectivity index (χ0v) is 22.1. The standard InChI is InChI=1S/C28H34N2O5S/c1-5-6-16-28(2)20-29(22-10-8-7-9-11-22)24-17-26(35-4)25(31)18-27(24)36(32,33)30(28)19-21-12-14-23(34-3)15-13-21/h7-15,17-18,31H,5-6,16,19-20H2,1-4H3. The predicted octanol–water partition coefficient (Wildman–Crippen LogP) is 5.70. The highest BCUT2D eigenvalue weighted by Crippen LogP contribution is 2.46. The second-order valence-electron chi connectivity index (χ2n) is 9.37. The van der Waals surface area contributed by atoms with Crippen LogP contribution in [0, 0.1) is 0 Å². The summed E-state index contributed by atoms with van der Waals surface area (Å²) in [6, 6.07) is 20.1. The van der Waals surface area contributed by atoms with Crippen LogP contribution in [0.1, 0.15) is 38.7 Å². The molecule has 1 N–H and O–H groups in total. The number of benzene rings is 3. The van der Waals surface area contributed by atoms with Gasteiger partial charge in [0.05, 0.1) is 25.4 Å². The van der Waals surface area contributed by atoms with E-state index >= 15 is 0 Å². The fraction of sp³-hybridized carbons (Fsp3) is 0.357. The van der Waals surface area contributed by atoms with Crippen molar-refractivity contribution >= 4 is 21.4 Å². The van der Waals surface area contributed by atoms with Crippen LogP contribution in [-0.2, 0) is 16.6 Å². The van der Waals surface area contributed by atoms with Crippen molar-refractivity contribution in [2.45, 2.75) is 50.1 Å². The largest absolute Gasteiger partial charge is 0.504 e. The topological polar surface area (TPSA) is 79.3 Å². The number of hydrogen-bond donors (Lipinski definition) is 1. The van der Waals surface area contributed by atoms with Crippen LogP contribution in [0.4, 0.5) is 11.4 Å². The lowest BCUT2D eigenvalue weighted by Crippen LogP contribution is -2.53. The highest BCUT2D eigenvalue weighted by atomic mass is 32.2. The second kappa shape index (κ2) is 10.4. The minimum atomic E-state index is -4.01. The van der Waals surface area contributed by atoms with E-state index in [4.69, 9.17) is 9.47 Å². The van der Waals surface area contributed by atoms with Crippen LogP contribution in [0.2, 0.25) is 0 Å². The maximum Gasteiger partial charge on any atom is 0.246 e. The summed E-state index contributed by atoms with van der Waals surface area (Å²) in [5.41, 5.74) is 1.48. The zero-order valence-electron chi connectivity index (χ0n) is 21.3. The molecule has 0 fully saturated rings. The number of aromatic hydroxyl groups is 1. The van der Waals surface area contributed by atoms with Gasteiger partial charge in [-0.3, -0.25) is 0 Å². The van der Waals surface area contributed by atoms with Crippen LogP contribution < -0.4 is 14.4 Å². The van der Waals surface area contributed by atoms with E-state index in [9.17, 15) is 13.5 Å². The van der Waals surface area contributed by atoms with E-state index in [1.165, 1.54) is 13.2 Å². The lowest BCUT2D eigenvalue weighted by Gasteiger charge is -2.41. The molecule has 0 amide bonds. The molecule has 192 valence electrons. The molecule has 0 aliphatic carbocycles. The molecule has 3 aromatic carbocycles. The minimum Gasteiger partial charge on any atom is -0.504 e. The molecular weight excluding hydrogens is 476 g/mol. The molecule has 1 aliphatic heterocycles. The lowest BCUT2D eigenvalue weighted by molar-refractivity contribution is 0.191. The van der Waals surface area contributed by atoms with E-state index in [1.54, 1.807) is 17.5 Å². The molecule has 1 heterocycles. The zero-order chi connectivity index (χ0) is 25.9. The van der Waals surface area contributed by atoms with Gasteiger partial charge in [0.15, 0.2) is 11.5 Å². The summed E-state index contributed by atoms with van der Waals surface area (Å²) in [4.78, 5) is 2.08. The number of nitrogens with zero attached hydrogens (tertiary/aromatic N) is 2. The van der Waals surface area contributed by atoms with Crippen molar-refractivity contribution in [1.29, 1.82) is 0 Å². The number of phenolic OH excluding ortho intramolecular Hbond substituents is 1. The van der Waals surface area contributed by atoms with Gasteiger partial charge in [-0.2, -0.15) is 4.31 Å². The normalized spacial score (nSPS) is 19.4. The number of fused-ring (bicyclic) bond motifs is 1. The quantitative estimate of drug-likeness (QED) is 0.419. The Morgan fingerprint density at radius 3 is 2.31 bits per heavy atom. The molecule has 0 aromatic heterocycles. The number of unbranched alkanes of at least 4 members (excludes halogenated alkanes) is 1. The Bertz CT molecular complexity index is 1300. The Labute approximate surface area is 213 Å². The summed E-state index contributed by atoms with van der Waals surface area (Å²) >= 11 is 0. The van der Waals surface area contributed by atoms with E-state index < -0.39 is 15.6 Å². The highest BCUT2D eigenvalue weighted by Gasteiger charge is 2.46. The molecule has 0 saturated carbocycles. The van der Waals surface area contributed by atoms with Gasteiger partial charge >= 0.3 is 0 Å². The summed E-state index contributed by atoms with van der Waals surface area (Å²) in [7, 11) is -0.952. The fourth-order valence-electron chi connectivity index (χ4n) is 4.81.